The monoisotopic (exact) mass is 355 g/mol. The second-order valence-electron chi connectivity index (χ2n) is 6.24. The van der Waals surface area contributed by atoms with Gasteiger partial charge >= 0.3 is 0 Å². The van der Waals surface area contributed by atoms with Crippen molar-refractivity contribution in [3.63, 3.8) is 0 Å². The Bertz CT molecular complexity index is 1020. The van der Waals surface area contributed by atoms with Gasteiger partial charge in [0.15, 0.2) is 5.76 Å². The van der Waals surface area contributed by atoms with Crippen LogP contribution in [0, 0.1) is 6.92 Å². The Morgan fingerprint density at radius 3 is 2.73 bits per heavy atom. The van der Waals surface area contributed by atoms with Crippen molar-refractivity contribution in [2.45, 2.75) is 40.2 Å². The Labute approximate surface area is 150 Å². The first-order valence-electron chi connectivity index (χ1n) is 8.46. The van der Waals surface area contributed by atoms with Gasteiger partial charge in [-0.25, -0.2) is 4.98 Å². The number of fused-ring (bicyclic) bond motifs is 1. The van der Waals surface area contributed by atoms with Crippen LogP contribution in [0.5, 0.6) is 0 Å². The lowest BCUT2D eigenvalue weighted by atomic mass is 10.1. The Balaban J connectivity index is 1.92. The smallest absolute Gasteiger partial charge is 0.275 e. The molecule has 0 saturated heterocycles. The molecule has 2 N–H and O–H groups in total. The van der Waals surface area contributed by atoms with Crippen LogP contribution in [0.4, 0.5) is 5.95 Å². The molecule has 0 aliphatic carbocycles. The van der Waals surface area contributed by atoms with Crippen molar-refractivity contribution < 1.29 is 9.32 Å². The normalized spacial score (nSPS) is 11.1. The van der Waals surface area contributed by atoms with E-state index in [2.05, 4.69) is 21.0 Å². The number of carbonyl (C=O) groups excluding carboxylic acids is 1. The number of rotatable bonds is 5. The zero-order valence-electron chi connectivity index (χ0n) is 15.2. The Hall–Kier alpha value is -3.16. The summed E-state index contributed by atoms with van der Waals surface area (Å²) < 4.78 is 6.71. The van der Waals surface area contributed by atoms with Gasteiger partial charge in [0.1, 0.15) is 5.56 Å². The fraction of sp³-hybridized carbons (Fsp3) is 0.333. The highest BCUT2D eigenvalue weighted by Crippen LogP contribution is 2.22. The van der Waals surface area contributed by atoms with Gasteiger partial charge in [-0.3, -0.25) is 25.0 Å². The van der Waals surface area contributed by atoms with Gasteiger partial charge < -0.3 is 4.52 Å². The number of hydrogen-bond donors (Lipinski definition) is 2. The largest absolute Gasteiger partial charge is 0.360 e. The maximum absolute atomic E-state index is 12.6. The SMILES string of the molecule is CCn1c(NNC(=O)c2c(C)noc2C(C)C)nc2ccccc2c1=O. The summed E-state index contributed by atoms with van der Waals surface area (Å²) in [4.78, 5) is 29.6. The van der Waals surface area contributed by atoms with Crippen molar-refractivity contribution in [2.75, 3.05) is 5.43 Å². The number of carbonyl (C=O) groups is 1. The minimum atomic E-state index is -0.391. The first-order valence-corrected chi connectivity index (χ1v) is 8.46. The number of anilines is 1. The third-order valence-corrected chi connectivity index (χ3v) is 4.11. The number of amides is 1. The number of benzene rings is 1. The molecule has 2 aromatic heterocycles. The van der Waals surface area contributed by atoms with Gasteiger partial charge in [0, 0.05) is 12.5 Å². The van der Waals surface area contributed by atoms with E-state index in [9.17, 15) is 9.59 Å². The molecule has 26 heavy (non-hydrogen) atoms. The number of para-hydroxylation sites is 1. The number of hydrogen-bond acceptors (Lipinski definition) is 6. The zero-order valence-corrected chi connectivity index (χ0v) is 15.2. The summed E-state index contributed by atoms with van der Waals surface area (Å²) in [5, 5.41) is 4.40. The lowest BCUT2D eigenvalue weighted by Crippen LogP contribution is -2.35. The molecule has 1 aromatic carbocycles. The average Bonchev–Trinajstić information content (AvgIpc) is 3.02. The van der Waals surface area contributed by atoms with Gasteiger partial charge in [-0.1, -0.05) is 31.1 Å². The van der Waals surface area contributed by atoms with E-state index in [1.807, 2.05) is 26.8 Å². The molecule has 0 atom stereocenters. The molecule has 0 spiro atoms. The van der Waals surface area contributed by atoms with E-state index in [1.165, 1.54) is 4.57 Å². The summed E-state index contributed by atoms with van der Waals surface area (Å²) in [6.07, 6.45) is 0. The van der Waals surface area contributed by atoms with Crippen LogP contribution in [-0.2, 0) is 6.54 Å². The van der Waals surface area contributed by atoms with Crippen LogP contribution in [-0.4, -0.2) is 20.6 Å². The molecule has 1 amide bonds. The van der Waals surface area contributed by atoms with Crippen LogP contribution in [0.2, 0.25) is 0 Å². The molecule has 8 heteroatoms. The summed E-state index contributed by atoms with van der Waals surface area (Å²) in [5.41, 5.74) is 6.64. The van der Waals surface area contributed by atoms with E-state index in [4.69, 9.17) is 4.52 Å². The Kier molecular flexibility index (Phi) is 4.75. The van der Waals surface area contributed by atoms with Crippen LogP contribution >= 0.6 is 0 Å². The van der Waals surface area contributed by atoms with Crippen molar-refractivity contribution in [3.8, 4) is 0 Å². The summed E-state index contributed by atoms with van der Waals surface area (Å²) >= 11 is 0. The fourth-order valence-corrected chi connectivity index (χ4v) is 2.79. The summed E-state index contributed by atoms with van der Waals surface area (Å²) in [6, 6.07) is 7.09. The molecule has 3 rings (SSSR count). The highest BCUT2D eigenvalue weighted by atomic mass is 16.5. The van der Waals surface area contributed by atoms with Crippen molar-refractivity contribution in [1.82, 2.24) is 20.1 Å². The molecular weight excluding hydrogens is 334 g/mol. The van der Waals surface area contributed by atoms with E-state index in [0.29, 0.717) is 34.5 Å². The topological polar surface area (TPSA) is 102 Å². The zero-order chi connectivity index (χ0) is 18.8. The van der Waals surface area contributed by atoms with E-state index >= 15 is 0 Å². The predicted octanol–water partition coefficient (Wildman–Crippen LogP) is 2.59. The van der Waals surface area contributed by atoms with Crippen molar-refractivity contribution >= 4 is 22.8 Å². The second-order valence-corrected chi connectivity index (χ2v) is 6.24. The molecule has 136 valence electrons. The maximum Gasteiger partial charge on any atom is 0.275 e. The van der Waals surface area contributed by atoms with Gasteiger partial charge in [-0.05, 0) is 26.0 Å². The van der Waals surface area contributed by atoms with E-state index in [1.54, 1.807) is 25.1 Å². The van der Waals surface area contributed by atoms with E-state index in [-0.39, 0.29) is 17.4 Å². The number of nitrogens with one attached hydrogen (secondary N) is 2. The standard InChI is InChI=1S/C18H21N5O3/c1-5-23-17(25)12-8-6-7-9-13(12)19-18(23)21-20-16(24)14-11(4)22-26-15(14)10(2)3/h6-10H,5H2,1-4H3,(H,19,21)(H,20,24). The number of aryl methyl sites for hydroxylation is 1. The lowest BCUT2D eigenvalue weighted by molar-refractivity contribution is 0.0959. The summed E-state index contributed by atoms with van der Waals surface area (Å²) in [5.74, 6) is 0.410. The van der Waals surface area contributed by atoms with Gasteiger partial charge in [0.05, 0.1) is 16.6 Å². The van der Waals surface area contributed by atoms with Crippen LogP contribution in [0.25, 0.3) is 10.9 Å². The van der Waals surface area contributed by atoms with E-state index in [0.717, 1.165) is 0 Å². The predicted molar refractivity (Wildman–Crippen MR) is 98.1 cm³/mol. The Morgan fingerprint density at radius 1 is 1.31 bits per heavy atom. The minimum absolute atomic E-state index is 0.0181. The molecule has 0 unspecified atom stereocenters. The molecule has 0 fully saturated rings. The van der Waals surface area contributed by atoms with Gasteiger partial charge in [-0.2, -0.15) is 0 Å². The maximum atomic E-state index is 12.6. The second kappa shape index (κ2) is 6.99. The van der Waals surface area contributed by atoms with Crippen LogP contribution in [0.3, 0.4) is 0 Å². The molecule has 0 bridgehead atoms. The van der Waals surface area contributed by atoms with E-state index < -0.39 is 5.91 Å². The third kappa shape index (κ3) is 3.05. The molecule has 0 saturated carbocycles. The molecule has 0 aliphatic rings. The number of aromatic nitrogens is 3. The minimum Gasteiger partial charge on any atom is -0.360 e. The van der Waals surface area contributed by atoms with Crippen LogP contribution < -0.4 is 16.4 Å². The highest BCUT2D eigenvalue weighted by molar-refractivity contribution is 5.96. The van der Waals surface area contributed by atoms with Crippen molar-refractivity contribution in [3.05, 3.63) is 51.6 Å². The molecular formula is C18H21N5O3. The molecule has 8 nitrogen and oxygen atoms in total. The highest BCUT2D eigenvalue weighted by Gasteiger charge is 2.22. The molecule has 3 aromatic rings. The molecule has 0 aliphatic heterocycles. The van der Waals surface area contributed by atoms with Gasteiger partial charge in [0.25, 0.3) is 11.5 Å². The fourth-order valence-electron chi connectivity index (χ4n) is 2.79. The van der Waals surface area contributed by atoms with Gasteiger partial charge in [-0.15, -0.1) is 0 Å². The van der Waals surface area contributed by atoms with Crippen molar-refractivity contribution in [1.29, 1.82) is 0 Å². The first-order chi connectivity index (χ1) is 12.4. The van der Waals surface area contributed by atoms with Crippen molar-refractivity contribution in [2.24, 2.45) is 0 Å². The average molecular weight is 355 g/mol. The first kappa shape index (κ1) is 17.7. The summed E-state index contributed by atoms with van der Waals surface area (Å²) in [6.45, 7) is 7.80. The lowest BCUT2D eigenvalue weighted by Gasteiger charge is -2.14. The van der Waals surface area contributed by atoms with Crippen LogP contribution in [0.1, 0.15) is 48.5 Å². The summed E-state index contributed by atoms with van der Waals surface area (Å²) in [7, 11) is 0. The third-order valence-electron chi connectivity index (χ3n) is 4.11. The number of nitrogens with zero attached hydrogens (tertiary/aromatic N) is 3. The van der Waals surface area contributed by atoms with Gasteiger partial charge in [0.2, 0.25) is 5.95 Å². The Morgan fingerprint density at radius 2 is 2.04 bits per heavy atom. The quantitative estimate of drug-likeness (QED) is 0.682. The molecule has 2 heterocycles. The van der Waals surface area contributed by atoms with Crippen LogP contribution in [0.15, 0.2) is 33.6 Å². The number of hydrazine groups is 1. The molecule has 0 radical (unpaired) electrons.